The zero-order chi connectivity index (χ0) is 20.9. The molecule has 0 bridgehead atoms. The van der Waals surface area contributed by atoms with E-state index in [9.17, 15) is 9.90 Å². The number of nitrogens with zero attached hydrogens (tertiary/aromatic N) is 2. The molecule has 1 atom stereocenters. The number of hydrogen-bond acceptors (Lipinski definition) is 6. The van der Waals surface area contributed by atoms with Gasteiger partial charge in [0, 0.05) is 7.11 Å². The minimum Gasteiger partial charge on any atom is -0.478 e. The largest absolute Gasteiger partial charge is 0.478 e. The third-order valence-electron chi connectivity index (χ3n) is 4.96. The number of methoxy groups -OCH3 is 1. The van der Waals surface area contributed by atoms with Crippen LogP contribution in [0.15, 0.2) is 30.6 Å². The number of ether oxygens (including phenoxy) is 3. The van der Waals surface area contributed by atoms with E-state index in [0.717, 1.165) is 6.42 Å². The van der Waals surface area contributed by atoms with E-state index in [0.29, 0.717) is 23.6 Å². The Balaban J connectivity index is 2.38. The molecular formula is C21H28N2O5. The fourth-order valence-electron chi connectivity index (χ4n) is 2.46. The van der Waals surface area contributed by atoms with Crippen LogP contribution in [0, 0.1) is 0 Å². The van der Waals surface area contributed by atoms with Gasteiger partial charge in [-0.2, -0.15) is 0 Å². The lowest BCUT2D eigenvalue weighted by Crippen LogP contribution is -2.27. The highest BCUT2D eigenvalue weighted by molar-refractivity contribution is 5.88. The molecule has 152 valence electrons. The smallest absolute Gasteiger partial charge is 0.335 e. The van der Waals surface area contributed by atoms with E-state index >= 15 is 0 Å². The maximum atomic E-state index is 11.6. The normalized spacial score (nSPS) is 13.6. The summed E-state index contributed by atoms with van der Waals surface area (Å²) in [6.45, 7) is 9.84. The van der Waals surface area contributed by atoms with Gasteiger partial charge in [0.25, 0.3) is 0 Å². The summed E-state index contributed by atoms with van der Waals surface area (Å²) in [6.07, 6.45) is 2.83. The van der Waals surface area contributed by atoms with Crippen LogP contribution in [0.1, 0.15) is 63.4 Å². The molecule has 0 aliphatic rings. The van der Waals surface area contributed by atoms with Gasteiger partial charge in [-0.05, 0) is 57.4 Å². The van der Waals surface area contributed by atoms with E-state index in [1.807, 2.05) is 34.6 Å². The van der Waals surface area contributed by atoms with Crippen molar-refractivity contribution in [2.75, 3.05) is 7.11 Å². The van der Waals surface area contributed by atoms with Gasteiger partial charge in [0.15, 0.2) is 0 Å². The van der Waals surface area contributed by atoms with Crippen LogP contribution < -0.4 is 9.47 Å². The number of aromatic carboxylic acids is 1. The van der Waals surface area contributed by atoms with E-state index in [-0.39, 0.29) is 17.0 Å². The van der Waals surface area contributed by atoms with Crippen LogP contribution in [-0.4, -0.2) is 33.8 Å². The number of carboxylic acid groups (broad SMARTS) is 1. The Morgan fingerprint density at radius 1 is 1.04 bits per heavy atom. The number of aromatic nitrogens is 2. The van der Waals surface area contributed by atoms with Crippen LogP contribution in [0.4, 0.5) is 0 Å². The van der Waals surface area contributed by atoms with Gasteiger partial charge in [-0.25, -0.2) is 14.8 Å². The molecule has 0 fully saturated rings. The van der Waals surface area contributed by atoms with Crippen LogP contribution >= 0.6 is 0 Å². The SMILES string of the molecule is CCC(C)(C)Oc1cc(Oc2cc(C(=O)O)cc(C(C)(CC)OC)c2)ncn1. The summed E-state index contributed by atoms with van der Waals surface area (Å²) in [6, 6.07) is 6.40. The van der Waals surface area contributed by atoms with Crippen LogP contribution in [0.5, 0.6) is 17.5 Å². The number of carbonyl (C=O) groups is 1. The summed E-state index contributed by atoms with van der Waals surface area (Å²) in [4.78, 5) is 19.8. The van der Waals surface area contributed by atoms with Crippen molar-refractivity contribution >= 4 is 5.97 Å². The first-order chi connectivity index (χ1) is 13.1. The van der Waals surface area contributed by atoms with Crippen LogP contribution in [0.3, 0.4) is 0 Å². The van der Waals surface area contributed by atoms with E-state index < -0.39 is 11.6 Å². The molecule has 2 aromatic rings. The number of hydrogen-bond donors (Lipinski definition) is 1. The Morgan fingerprint density at radius 2 is 1.71 bits per heavy atom. The minimum absolute atomic E-state index is 0.113. The molecule has 1 heterocycles. The maximum absolute atomic E-state index is 11.6. The molecule has 1 unspecified atom stereocenters. The topological polar surface area (TPSA) is 90.8 Å². The van der Waals surface area contributed by atoms with Gasteiger partial charge in [-0.1, -0.05) is 13.8 Å². The van der Waals surface area contributed by atoms with Gasteiger partial charge in [0.2, 0.25) is 11.8 Å². The third kappa shape index (κ3) is 5.19. The lowest BCUT2D eigenvalue weighted by atomic mass is 9.91. The first-order valence-corrected chi connectivity index (χ1v) is 9.25. The van der Waals surface area contributed by atoms with Gasteiger partial charge in [0.05, 0.1) is 17.2 Å². The molecular weight excluding hydrogens is 360 g/mol. The number of rotatable bonds is 9. The lowest BCUT2D eigenvalue weighted by Gasteiger charge is -2.28. The molecule has 0 aliphatic heterocycles. The highest BCUT2D eigenvalue weighted by atomic mass is 16.5. The van der Waals surface area contributed by atoms with Crippen molar-refractivity contribution in [3.05, 3.63) is 41.7 Å². The first kappa shape index (κ1) is 21.6. The summed E-state index contributed by atoms with van der Waals surface area (Å²) < 4.78 is 17.3. The average Bonchev–Trinajstić information content (AvgIpc) is 2.67. The molecule has 0 radical (unpaired) electrons. The predicted octanol–water partition coefficient (Wildman–Crippen LogP) is 4.81. The Morgan fingerprint density at radius 3 is 2.29 bits per heavy atom. The van der Waals surface area contributed by atoms with Gasteiger partial charge in [-0.15, -0.1) is 0 Å². The molecule has 2 rings (SSSR count). The van der Waals surface area contributed by atoms with Crippen LogP contribution in [0.2, 0.25) is 0 Å². The van der Waals surface area contributed by atoms with Crippen LogP contribution in [0.25, 0.3) is 0 Å². The molecule has 1 aromatic carbocycles. The first-order valence-electron chi connectivity index (χ1n) is 9.25. The van der Waals surface area contributed by atoms with Crippen molar-refractivity contribution < 1.29 is 24.1 Å². The van der Waals surface area contributed by atoms with Crippen LogP contribution in [-0.2, 0) is 10.3 Å². The molecule has 0 aliphatic carbocycles. The van der Waals surface area contributed by atoms with Gasteiger partial charge >= 0.3 is 5.97 Å². The van der Waals surface area contributed by atoms with Crippen molar-refractivity contribution in [2.24, 2.45) is 0 Å². The molecule has 0 spiro atoms. The van der Waals surface area contributed by atoms with E-state index in [1.54, 1.807) is 25.3 Å². The highest BCUT2D eigenvalue weighted by Gasteiger charge is 2.26. The Labute approximate surface area is 165 Å². The van der Waals surface area contributed by atoms with Gasteiger partial charge in [-0.3, -0.25) is 0 Å². The predicted molar refractivity (Wildman–Crippen MR) is 105 cm³/mol. The molecule has 7 nitrogen and oxygen atoms in total. The summed E-state index contributed by atoms with van der Waals surface area (Å²) in [5.74, 6) is -0.0357. The summed E-state index contributed by atoms with van der Waals surface area (Å²) >= 11 is 0. The monoisotopic (exact) mass is 388 g/mol. The molecule has 1 aromatic heterocycles. The minimum atomic E-state index is -1.04. The fraction of sp³-hybridized carbons (Fsp3) is 0.476. The average molecular weight is 388 g/mol. The van der Waals surface area contributed by atoms with Crippen molar-refractivity contribution in [1.29, 1.82) is 0 Å². The molecule has 0 saturated heterocycles. The van der Waals surface area contributed by atoms with Crippen molar-refractivity contribution in [2.45, 2.75) is 58.7 Å². The second kappa shape index (κ2) is 8.56. The van der Waals surface area contributed by atoms with E-state index in [2.05, 4.69) is 9.97 Å². The van der Waals surface area contributed by atoms with E-state index in [4.69, 9.17) is 14.2 Å². The molecule has 1 N–H and O–H groups in total. The zero-order valence-electron chi connectivity index (χ0n) is 17.3. The Kier molecular flexibility index (Phi) is 6.61. The maximum Gasteiger partial charge on any atom is 0.335 e. The third-order valence-corrected chi connectivity index (χ3v) is 4.96. The van der Waals surface area contributed by atoms with Gasteiger partial charge in [0.1, 0.15) is 17.7 Å². The number of carboxylic acids is 1. The van der Waals surface area contributed by atoms with Gasteiger partial charge < -0.3 is 19.3 Å². The molecule has 7 heteroatoms. The highest BCUT2D eigenvalue weighted by Crippen LogP contribution is 2.33. The molecule has 0 amide bonds. The van der Waals surface area contributed by atoms with E-state index in [1.165, 1.54) is 12.4 Å². The summed E-state index contributed by atoms with van der Waals surface area (Å²) in [5.41, 5.74) is -0.176. The van der Waals surface area contributed by atoms with Crippen molar-refractivity contribution in [1.82, 2.24) is 9.97 Å². The second-order valence-corrected chi connectivity index (χ2v) is 7.35. The fourth-order valence-corrected chi connectivity index (χ4v) is 2.46. The Hall–Kier alpha value is -2.67. The number of benzene rings is 1. The quantitative estimate of drug-likeness (QED) is 0.659. The zero-order valence-corrected chi connectivity index (χ0v) is 17.3. The summed E-state index contributed by atoms with van der Waals surface area (Å²) in [5, 5.41) is 9.47. The summed E-state index contributed by atoms with van der Waals surface area (Å²) in [7, 11) is 1.60. The lowest BCUT2D eigenvalue weighted by molar-refractivity contribution is -0.00159. The second-order valence-electron chi connectivity index (χ2n) is 7.35. The standard InChI is InChI=1S/C21H28N2O5/c1-7-20(3,4)28-18-12-17(22-13-23-18)27-16-10-14(19(24)25)9-15(11-16)21(5,8-2)26-6/h9-13H,7-8H2,1-6H3,(H,24,25). The Bertz CT molecular complexity index is 831. The van der Waals surface area contributed by atoms with Crippen molar-refractivity contribution in [3.63, 3.8) is 0 Å². The van der Waals surface area contributed by atoms with Crippen molar-refractivity contribution in [3.8, 4) is 17.5 Å². The molecule has 0 saturated carbocycles. The molecule has 28 heavy (non-hydrogen) atoms.